The summed E-state index contributed by atoms with van der Waals surface area (Å²) in [4.78, 5) is 2.41. The van der Waals surface area contributed by atoms with Gasteiger partial charge in [0.15, 0.2) is 0 Å². The Bertz CT molecular complexity index is 2430. The van der Waals surface area contributed by atoms with Crippen molar-refractivity contribution in [1.29, 1.82) is 0 Å². The van der Waals surface area contributed by atoms with Crippen LogP contribution < -0.4 is 4.90 Å². The van der Waals surface area contributed by atoms with Gasteiger partial charge in [0, 0.05) is 0 Å². The summed E-state index contributed by atoms with van der Waals surface area (Å²) in [6, 6.07) is 51.6. The molecule has 3 heteroatoms. The molecule has 7 aromatic carbocycles. The molecule has 2 heterocycles. The summed E-state index contributed by atoms with van der Waals surface area (Å²) in [5.41, 5.74) is 3.54. The molecule has 0 saturated carbocycles. The summed E-state index contributed by atoms with van der Waals surface area (Å²) >= 11 is 2.19. The fraction of sp³-hybridized carbons (Fsp3) is 0. The molecular formula is C38H23NSSe. The Labute approximate surface area is 247 Å². The van der Waals surface area contributed by atoms with E-state index in [2.05, 4.69) is 144 Å². The van der Waals surface area contributed by atoms with Gasteiger partial charge in [0.1, 0.15) is 0 Å². The third kappa shape index (κ3) is 3.67. The molecule has 41 heavy (non-hydrogen) atoms. The molecule has 0 aliphatic rings. The average molecular weight is 605 g/mol. The quantitative estimate of drug-likeness (QED) is 0.181. The van der Waals surface area contributed by atoms with Crippen LogP contribution in [0.3, 0.4) is 0 Å². The van der Waals surface area contributed by atoms with Crippen LogP contribution in [0, 0.1) is 0 Å². The van der Waals surface area contributed by atoms with Crippen LogP contribution in [0.4, 0.5) is 17.1 Å². The van der Waals surface area contributed by atoms with E-state index in [9.17, 15) is 0 Å². The van der Waals surface area contributed by atoms with Crippen molar-refractivity contribution in [2.45, 2.75) is 0 Å². The van der Waals surface area contributed by atoms with E-state index >= 15 is 0 Å². The van der Waals surface area contributed by atoms with Crippen molar-refractivity contribution in [3.8, 4) is 0 Å². The van der Waals surface area contributed by atoms with Gasteiger partial charge in [0.05, 0.1) is 0 Å². The Kier molecular flexibility index (Phi) is 5.15. The van der Waals surface area contributed by atoms with Crippen molar-refractivity contribution >= 4 is 104 Å². The number of para-hydroxylation sites is 1. The molecule has 0 unspecified atom stereocenters. The second-order valence-electron chi connectivity index (χ2n) is 10.6. The maximum absolute atomic E-state index is 2.41. The van der Waals surface area contributed by atoms with Crippen LogP contribution in [-0.4, -0.2) is 14.5 Å². The van der Waals surface area contributed by atoms with Gasteiger partial charge in [-0.1, -0.05) is 24.3 Å². The summed E-state index contributed by atoms with van der Waals surface area (Å²) in [6.07, 6.45) is 0. The fourth-order valence-corrected chi connectivity index (χ4v) is 9.99. The SMILES string of the molecule is c1ccc(N(c2ccc3c(c2)sc2cc4ccccc4cc23)c2ccc3ccc4c5ccccc5[se]c4c3c2)cc1. The number of hydrogen-bond acceptors (Lipinski definition) is 2. The zero-order chi connectivity index (χ0) is 26.9. The van der Waals surface area contributed by atoms with Gasteiger partial charge in [-0.05, 0) is 0 Å². The molecule has 0 radical (unpaired) electrons. The van der Waals surface area contributed by atoms with Gasteiger partial charge in [0.2, 0.25) is 0 Å². The zero-order valence-corrected chi connectivity index (χ0v) is 24.6. The molecule has 0 fully saturated rings. The Balaban J connectivity index is 1.27. The van der Waals surface area contributed by atoms with E-state index in [1.54, 1.807) is 0 Å². The Morgan fingerprint density at radius 3 is 2.00 bits per heavy atom. The molecule has 2 aromatic heterocycles. The second-order valence-corrected chi connectivity index (χ2v) is 13.9. The Morgan fingerprint density at radius 2 is 1.10 bits per heavy atom. The number of hydrogen-bond donors (Lipinski definition) is 0. The molecular weight excluding hydrogens is 581 g/mol. The minimum atomic E-state index is 0.307. The van der Waals surface area contributed by atoms with E-state index in [1.807, 2.05) is 11.3 Å². The predicted octanol–water partition coefficient (Wildman–Crippen LogP) is 11.2. The molecule has 0 bridgehead atoms. The first-order valence-corrected chi connectivity index (χ1v) is 16.4. The molecule has 0 spiro atoms. The number of anilines is 3. The fourth-order valence-electron chi connectivity index (χ4n) is 6.24. The van der Waals surface area contributed by atoms with Gasteiger partial charge in [-0.3, -0.25) is 0 Å². The number of nitrogens with zero attached hydrogens (tertiary/aromatic N) is 1. The van der Waals surface area contributed by atoms with E-state index in [0.717, 1.165) is 0 Å². The molecule has 0 atom stereocenters. The molecule has 0 amide bonds. The molecule has 0 saturated heterocycles. The zero-order valence-electron chi connectivity index (χ0n) is 22.0. The third-order valence-corrected chi connectivity index (χ3v) is 11.9. The standard InChI is InChI=1S/C38H23NSSe/c1-2-10-27(11-3-1)39(28-16-14-24-15-18-32-31-12-6-7-13-37(31)41-38(32)33(24)22-28)29-17-19-30-34-20-25-8-4-5-9-26(25)21-35(34)40-36(30)23-29/h1-23H. The maximum atomic E-state index is 2.41. The first kappa shape index (κ1) is 23.3. The third-order valence-electron chi connectivity index (χ3n) is 8.20. The van der Waals surface area contributed by atoms with Crippen LogP contribution in [0.25, 0.3) is 61.0 Å². The van der Waals surface area contributed by atoms with Crippen molar-refractivity contribution in [2.24, 2.45) is 0 Å². The molecule has 0 aliphatic heterocycles. The predicted molar refractivity (Wildman–Crippen MR) is 181 cm³/mol. The van der Waals surface area contributed by atoms with Crippen molar-refractivity contribution in [2.75, 3.05) is 4.90 Å². The molecule has 192 valence electrons. The summed E-state index contributed by atoms with van der Waals surface area (Å²) in [5.74, 6) is 0. The van der Waals surface area contributed by atoms with Crippen LogP contribution >= 0.6 is 11.3 Å². The van der Waals surface area contributed by atoms with Gasteiger partial charge < -0.3 is 0 Å². The van der Waals surface area contributed by atoms with Crippen molar-refractivity contribution in [3.63, 3.8) is 0 Å². The van der Waals surface area contributed by atoms with Gasteiger partial charge >= 0.3 is 224 Å². The first-order chi connectivity index (χ1) is 20.3. The van der Waals surface area contributed by atoms with Crippen LogP contribution in [0.5, 0.6) is 0 Å². The minimum absolute atomic E-state index is 0.307. The van der Waals surface area contributed by atoms with E-state index in [0.29, 0.717) is 14.5 Å². The van der Waals surface area contributed by atoms with Crippen molar-refractivity contribution in [3.05, 3.63) is 140 Å². The Morgan fingerprint density at radius 1 is 0.415 bits per heavy atom. The number of fused-ring (bicyclic) bond motifs is 9. The second kappa shape index (κ2) is 9.06. The van der Waals surface area contributed by atoms with Crippen LogP contribution in [-0.2, 0) is 0 Å². The normalized spacial score (nSPS) is 11.9. The van der Waals surface area contributed by atoms with Crippen LogP contribution in [0.15, 0.2) is 140 Å². The van der Waals surface area contributed by atoms with Crippen molar-refractivity contribution < 1.29 is 0 Å². The van der Waals surface area contributed by atoms with Gasteiger partial charge in [-0.15, -0.1) is 0 Å². The van der Waals surface area contributed by atoms with E-state index in [-0.39, 0.29) is 0 Å². The Hall–Kier alpha value is -4.40. The van der Waals surface area contributed by atoms with Crippen molar-refractivity contribution in [1.82, 2.24) is 0 Å². The first-order valence-electron chi connectivity index (χ1n) is 13.8. The molecule has 1 nitrogen and oxygen atoms in total. The van der Waals surface area contributed by atoms with E-state index in [1.165, 1.54) is 78.1 Å². The summed E-state index contributed by atoms with van der Waals surface area (Å²) < 4.78 is 5.63. The van der Waals surface area contributed by atoms with Gasteiger partial charge in [0.25, 0.3) is 0 Å². The number of rotatable bonds is 3. The molecule has 0 aliphatic carbocycles. The number of benzene rings is 7. The average Bonchev–Trinajstić information content (AvgIpc) is 3.58. The van der Waals surface area contributed by atoms with Gasteiger partial charge in [-0.25, -0.2) is 0 Å². The van der Waals surface area contributed by atoms with Crippen LogP contribution in [0.1, 0.15) is 0 Å². The molecule has 9 aromatic rings. The molecule has 9 rings (SSSR count). The summed E-state index contributed by atoms with van der Waals surface area (Å²) in [5, 5.41) is 10.7. The number of thiophene rings is 1. The topological polar surface area (TPSA) is 3.24 Å². The van der Waals surface area contributed by atoms with Crippen LogP contribution in [0.2, 0.25) is 0 Å². The molecule has 0 N–H and O–H groups in total. The summed E-state index contributed by atoms with van der Waals surface area (Å²) in [7, 11) is 0. The monoisotopic (exact) mass is 605 g/mol. The van der Waals surface area contributed by atoms with E-state index in [4.69, 9.17) is 0 Å². The van der Waals surface area contributed by atoms with Gasteiger partial charge in [-0.2, -0.15) is 0 Å². The summed E-state index contributed by atoms with van der Waals surface area (Å²) in [6.45, 7) is 0. The van der Waals surface area contributed by atoms with E-state index < -0.39 is 0 Å².